The Morgan fingerprint density at radius 2 is 1.77 bits per heavy atom. The van der Waals surface area contributed by atoms with Crippen LogP contribution in [0.4, 0.5) is 11.4 Å². The molecule has 9 heteroatoms. The van der Waals surface area contributed by atoms with Crippen molar-refractivity contribution in [2.45, 2.75) is 53.1 Å². The number of hydrogen-bond acceptors (Lipinski definition) is 8. The molecule has 43 heavy (non-hydrogen) atoms. The number of anilines is 1. The molecule has 0 bridgehead atoms. The number of nitrogens with zero attached hydrogens (tertiary/aromatic N) is 3. The molecule has 0 radical (unpaired) electrons. The SMILES string of the molecule is COc1ccc([C@@H]2C(C#N)=C(N)N(c3ccc([N+](=O)[O-])cc3)C3=C2C(=O)CC(C)(C)C3)cc1COc1c(C)cccc1C. The van der Waals surface area contributed by atoms with Crippen LogP contribution in [0, 0.1) is 40.7 Å². The van der Waals surface area contributed by atoms with Gasteiger partial charge in [-0.3, -0.25) is 19.8 Å². The molecule has 3 aromatic rings. The lowest BCUT2D eigenvalue weighted by Crippen LogP contribution is -2.42. The van der Waals surface area contributed by atoms with E-state index in [0.717, 1.165) is 28.0 Å². The Balaban J connectivity index is 1.64. The molecule has 1 heterocycles. The lowest BCUT2D eigenvalue weighted by Gasteiger charge is -2.43. The Labute approximate surface area is 251 Å². The van der Waals surface area contributed by atoms with Gasteiger partial charge in [-0.2, -0.15) is 5.26 Å². The van der Waals surface area contributed by atoms with Crippen molar-refractivity contribution in [3.63, 3.8) is 0 Å². The highest BCUT2D eigenvalue weighted by Gasteiger charge is 2.44. The third-order valence-corrected chi connectivity index (χ3v) is 8.12. The molecule has 220 valence electrons. The highest BCUT2D eigenvalue weighted by Crippen LogP contribution is 2.50. The van der Waals surface area contributed by atoms with Crippen LogP contribution >= 0.6 is 0 Å². The van der Waals surface area contributed by atoms with Crippen molar-refractivity contribution in [1.29, 1.82) is 5.26 Å². The molecular weight excluding hydrogens is 544 g/mol. The Kier molecular flexibility index (Phi) is 7.72. The number of para-hydroxylation sites is 1. The van der Waals surface area contributed by atoms with Gasteiger partial charge in [0.2, 0.25) is 0 Å². The van der Waals surface area contributed by atoms with Crippen LogP contribution in [0.5, 0.6) is 11.5 Å². The molecule has 0 saturated carbocycles. The van der Waals surface area contributed by atoms with Gasteiger partial charge in [-0.15, -0.1) is 0 Å². The Morgan fingerprint density at radius 1 is 1.09 bits per heavy atom. The van der Waals surface area contributed by atoms with Crippen LogP contribution in [-0.2, 0) is 11.4 Å². The predicted molar refractivity (Wildman–Crippen MR) is 163 cm³/mol. The van der Waals surface area contributed by atoms with Crippen molar-refractivity contribution in [2.24, 2.45) is 11.1 Å². The highest BCUT2D eigenvalue weighted by atomic mass is 16.6. The zero-order valence-electron chi connectivity index (χ0n) is 24.9. The summed E-state index contributed by atoms with van der Waals surface area (Å²) in [4.78, 5) is 26.4. The molecule has 0 spiro atoms. The first kappa shape index (κ1) is 29.4. The highest BCUT2D eigenvalue weighted by molar-refractivity contribution is 6.01. The zero-order valence-corrected chi connectivity index (χ0v) is 24.9. The number of hydrogen-bond donors (Lipinski definition) is 1. The summed E-state index contributed by atoms with van der Waals surface area (Å²) in [5.41, 5.74) is 11.8. The average molecular weight is 579 g/mol. The molecule has 9 nitrogen and oxygen atoms in total. The van der Waals surface area contributed by atoms with E-state index in [1.165, 1.54) is 12.1 Å². The van der Waals surface area contributed by atoms with Gasteiger partial charge in [-0.05, 0) is 66.6 Å². The molecule has 0 amide bonds. The van der Waals surface area contributed by atoms with Crippen molar-refractivity contribution in [1.82, 2.24) is 0 Å². The van der Waals surface area contributed by atoms with E-state index in [4.69, 9.17) is 15.2 Å². The van der Waals surface area contributed by atoms with Crippen LogP contribution in [0.25, 0.3) is 0 Å². The monoisotopic (exact) mass is 578 g/mol. The molecule has 0 unspecified atom stereocenters. The second-order valence-corrected chi connectivity index (χ2v) is 11.8. The summed E-state index contributed by atoms with van der Waals surface area (Å²) in [5.74, 6) is 0.854. The molecule has 0 fully saturated rings. The third kappa shape index (κ3) is 5.44. The number of carbonyl (C=O) groups is 1. The van der Waals surface area contributed by atoms with Crippen LogP contribution in [0.2, 0.25) is 0 Å². The van der Waals surface area contributed by atoms with E-state index in [2.05, 4.69) is 6.07 Å². The molecule has 0 saturated heterocycles. The molecule has 2 aliphatic rings. The number of non-ortho nitro benzene ring substituents is 1. The topological polar surface area (TPSA) is 132 Å². The van der Waals surface area contributed by atoms with Gasteiger partial charge in [0.1, 0.15) is 23.9 Å². The van der Waals surface area contributed by atoms with E-state index >= 15 is 0 Å². The average Bonchev–Trinajstić information content (AvgIpc) is 2.95. The van der Waals surface area contributed by atoms with Crippen molar-refractivity contribution in [3.05, 3.63) is 116 Å². The Hall–Kier alpha value is -5.10. The standard InChI is InChI=1S/C34H34N4O5/c1-20-7-6-8-21(2)32(20)43-19-23-15-22(9-14-29(23)42-5)30-26(18-35)33(36)37(24-10-12-25(13-11-24)38(40)41)27-16-34(3,4)17-28(39)31(27)30/h6-15,30H,16-17,19,36H2,1-5H3/t30-/m1/s1. The van der Waals surface area contributed by atoms with E-state index in [1.807, 2.05) is 64.1 Å². The molecule has 1 atom stereocenters. The normalized spacial score (nSPS) is 17.8. The van der Waals surface area contributed by atoms with Crippen LogP contribution < -0.4 is 20.1 Å². The largest absolute Gasteiger partial charge is 0.496 e. The maximum atomic E-state index is 13.9. The number of ketones is 1. The number of nitro benzene ring substituents is 1. The molecule has 1 aliphatic heterocycles. The minimum Gasteiger partial charge on any atom is -0.496 e. The number of nitro groups is 1. The van der Waals surface area contributed by atoms with Gasteiger partial charge >= 0.3 is 0 Å². The maximum Gasteiger partial charge on any atom is 0.269 e. The number of nitrogens with two attached hydrogens (primary N) is 1. The van der Waals surface area contributed by atoms with Crippen molar-refractivity contribution in [2.75, 3.05) is 12.0 Å². The summed E-state index contributed by atoms with van der Waals surface area (Å²) in [6.45, 7) is 8.25. The maximum absolute atomic E-state index is 13.9. The summed E-state index contributed by atoms with van der Waals surface area (Å²) in [6.07, 6.45) is 0.841. The van der Waals surface area contributed by atoms with Gasteiger partial charge in [0, 0.05) is 41.1 Å². The number of carbonyl (C=O) groups excluding carboxylic acids is 1. The number of Topliss-reactive ketones (excluding diaryl/α,β-unsaturated/α-hetero) is 1. The van der Waals surface area contributed by atoms with Crippen LogP contribution in [0.1, 0.15) is 54.9 Å². The van der Waals surface area contributed by atoms with Crippen molar-refractivity contribution >= 4 is 17.2 Å². The van der Waals surface area contributed by atoms with E-state index in [9.17, 15) is 20.2 Å². The fraction of sp³-hybridized carbons (Fsp3) is 0.294. The fourth-order valence-electron chi connectivity index (χ4n) is 6.13. The number of aryl methyl sites for hydroxylation is 2. The second-order valence-electron chi connectivity index (χ2n) is 11.8. The molecule has 1 aliphatic carbocycles. The lowest BCUT2D eigenvalue weighted by molar-refractivity contribution is -0.384. The van der Waals surface area contributed by atoms with Gasteiger partial charge in [-0.25, -0.2) is 0 Å². The van der Waals surface area contributed by atoms with Gasteiger partial charge in [0.15, 0.2) is 5.78 Å². The minimum atomic E-state index is -0.692. The molecular formula is C34H34N4O5. The summed E-state index contributed by atoms with van der Waals surface area (Å²) < 4.78 is 11.9. The number of nitriles is 1. The smallest absolute Gasteiger partial charge is 0.269 e. The summed E-state index contributed by atoms with van der Waals surface area (Å²) in [5, 5.41) is 21.7. The molecule has 0 aromatic heterocycles. The number of methoxy groups -OCH3 is 1. The second kappa shape index (κ2) is 11.3. The van der Waals surface area contributed by atoms with Crippen molar-refractivity contribution < 1.29 is 19.2 Å². The first-order chi connectivity index (χ1) is 20.5. The summed E-state index contributed by atoms with van der Waals surface area (Å²) in [7, 11) is 1.59. The van der Waals surface area contributed by atoms with Gasteiger partial charge in [-0.1, -0.05) is 38.1 Å². The zero-order chi connectivity index (χ0) is 31.1. The number of benzene rings is 3. The third-order valence-electron chi connectivity index (χ3n) is 8.12. The number of rotatable bonds is 7. The van der Waals surface area contributed by atoms with Gasteiger partial charge in [0.25, 0.3) is 5.69 Å². The summed E-state index contributed by atoms with van der Waals surface area (Å²) >= 11 is 0. The first-order valence-corrected chi connectivity index (χ1v) is 14.0. The Bertz CT molecular complexity index is 1710. The van der Waals surface area contributed by atoms with Crippen LogP contribution in [-0.4, -0.2) is 17.8 Å². The Morgan fingerprint density at radius 3 is 2.37 bits per heavy atom. The van der Waals surface area contributed by atoms with Gasteiger partial charge < -0.3 is 15.2 Å². The molecule has 5 rings (SSSR count). The van der Waals surface area contributed by atoms with E-state index in [0.29, 0.717) is 35.5 Å². The molecule has 2 N–H and O–H groups in total. The van der Waals surface area contributed by atoms with E-state index in [-0.39, 0.29) is 34.9 Å². The van der Waals surface area contributed by atoms with Gasteiger partial charge in [0.05, 0.1) is 29.6 Å². The fourth-order valence-corrected chi connectivity index (χ4v) is 6.13. The first-order valence-electron chi connectivity index (χ1n) is 14.0. The number of allylic oxidation sites excluding steroid dienone is 3. The molecule has 3 aromatic carbocycles. The van der Waals surface area contributed by atoms with E-state index < -0.39 is 10.8 Å². The quantitative estimate of drug-likeness (QED) is 0.241. The van der Waals surface area contributed by atoms with E-state index in [1.54, 1.807) is 24.1 Å². The lowest BCUT2D eigenvalue weighted by atomic mass is 9.68. The van der Waals surface area contributed by atoms with Crippen LogP contribution in [0.3, 0.4) is 0 Å². The number of ether oxygens (including phenoxy) is 2. The predicted octanol–water partition coefficient (Wildman–Crippen LogP) is 6.74. The summed E-state index contributed by atoms with van der Waals surface area (Å²) in [6, 6.07) is 19.8. The minimum absolute atomic E-state index is 0.0624. The van der Waals surface area contributed by atoms with Crippen LogP contribution in [0.15, 0.2) is 83.3 Å². The van der Waals surface area contributed by atoms with Crippen molar-refractivity contribution in [3.8, 4) is 17.6 Å².